The SMILES string of the molecule is NCCCCc1nc(C2CC3CCC2C3)no1. The third-order valence-corrected chi connectivity index (χ3v) is 4.40. The average molecular weight is 235 g/mol. The van der Waals surface area contributed by atoms with Crippen LogP contribution in [0.4, 0.5) is 0 Å². The Balaban J connectivity index is 1.60. The van der Waals surface area contributed by atoms with Gasteiger partial charge in [0, 0.05) is 12.3 Å². The molecule has 4 heteroatoms. The molecule has 3 atom stereocenters. The van der Waals surface area contributed by atoms with Crippen molar-refractivity contribution in [1.82, 2.24) is 10.1 Å². The number of hydrogen-bond acceptors (Lipinski definition) is 4. The predicted molar refractivity (Wildman–Crippen MR) is 64.5 cm³/mol. The first-order valence-corrected chi connectivity index (χ1v) is 6.89. The van der Waals surface area contributed by atoms with E-state index >= 15 is 0 Å². The molecule has 2 saturated carbocycles. The summed E-state index contributed by atoms with van der Waals surface area (Å²) in [5.41, 5.74) is 5.47. The number of aromatic nitrogens is 2. The summed E-state index contributed by atoms with van der Waals surface area (Å²) in [6.45, 7) is 0.743. The molecule has 1 aromatic rings. The van der Waals surface area contributed by atoms with Gasteiger partial charge in [0.15, 0.2) is 5.82 Å². The topological polar surface area (TPSA) is 64.9 Å². The Labute approximate surface area is 102 Å². The largest absolute Gasteiger partial charge is 0.339 e. The molecule has 2 N–H and O–H groups in total. The van der Waals surface area contributed by atoms with Crippen molar-refractivity contribution in [2.75, 3.05) is 6.54 Å². The molecule has 4 nitrogen and oxygen atoms in total. The molecule has 0 amide bonds. The van der Waals surface area contributed by atoms with E-state index in [0.717, 1.165) is 49.4 Å². The Morgan fingerprint density at radius 1 is 1.24 bits per heavy atom. The van der Waals surface area contributed by atoms with E-state index in [1.807, 2.05) is 0 Å². The molecule has 2 aliphatic rings. The van der Waals surface area contributed by atoms with Crippen LogP contribution >= 0.6 is 0 Å². The van der Waals surface area contributed by atoms with Gasteiger partial charge in [-0.3, -0.25) is 0 Å². The highest BCUT2D eigenvalue weighted by Gasteiger charge is 2.42. The number of nitrogens with zero attached hydrogens (tertiary/aromatic N) is 2. The number of aryl methyl sites for hydroxylation is 1. The lowest BCUT2D eigenvalue weighted by atomic mass is 9.88. The highest BCUT2D eigenvalue weighted by molar-refractivity contribution is 5.06. The number of hydrogen-bond donors (Lipinski definition) is 1. The molecule has 1 heterocycles. The van der Waals surface area contributed by atoms with Crippen LogP contribution in [0.5, 0.6) is 0 Å². The molecule has 2 aliphatic carbocycles. The second kappa shape index (κ2) is 4.77. The standard InChI is InChI=1S/C13H21N3O/c14-6-2-1-3-12-15-13(16-17-12)11-8-9-4-5-10(11)7-9/h9-11H,1-8,14H2. The fourth-order valence-electron chi connectivity index (χ4n) is 3.50. The Morgan fingerprint density at radius 3 is 2.88 bits per heavy atom. The van der Waals surface area contributed by atoms with Gasteiger partial charge >= 0.3 is 0 Å². The maximum atomic E-state index is 5.47. The van der Waals surface area contributed by atoms with Crippen molar-refractivity contribution in [3.8, 4) is 0 Å². The Hall–Kier alpha value is -0.900. The predicted octanol–water partition coefficient (Wildman–Crippen LogP) is 2.25. The summed E-state index contributed by atoms with van der Waals surface area (Å²) in [6, 6.07) is 0. The molecular weight excluding hydrogens is 214 g/mol. The van der Waals surface area contributed by atoms with Gasteiger partial charge in [0.05, 0.1) is 0 Å². The minimum Gasteiger partial charge on any atom is -0.339 e. The first kappa shape index (κ1) is 11.2. The summed E-state index contributed by atoms with van der Waals surface area (Å²) >= 11 is 0. The van der Waals surface area contributed by atoms with Crippen LogP contribution in [0.25, 0.3) is 0 Å². The molecule has 94 valence electrons. The van der Waals surface area contributed by atoms with Crippen molar-refractivity contribution in [3.63, 3.8) is 0 Å². The van der Waals surface area contributed by atoms with E-state index in [2.05, 4.69) is 10.1 Å². The number of fused-ring (bicyclic) bond motifs is 2. The lowest BCUT2D eigenvalue weighted by Crippen LogP contribution is -2.10. The quantitative estimate of drug-likeness (QED) is 0.795. The maximum absolute atomic E-state index is 5.47. The molecule has 2 fully saturated rings. The van der Waals surface area contributed by atoms with E-state index in [1.165, 1.54) is 25.7 Å². The van der Waals surface area contributed by atoms with Crippen LogP contribution in [0.1, 0.15) is 56.2 Å². The minimum atomic E-state index is 0.584. The van der Waals surface area contributed by atoms with Gasteiger partial charge < -0.3 is 10.3 Å². The van der Waals surface area contributed by atoms with Gasteiger partial charge in [-0.2, -0.15) is 4.98 Å². The van der Waals surface area contributed by atoms with Crippen molar-refractivity contribution >= 4 is 0 Å². The van der Waals surface area contributed by atoms with Gasteiger partial charge in [0.25, 0.3) is 0 Å². The Morgan fingerprint density at radius 2 is 2.18 bits per heavy atom. The lowest BCUT2D eigenvalue weighted by molar-refractivity contribution is 0.349. The zero-order valence-corrected chi connectivity index (χ0v) is 10.3. The van der Waals surface area contributed by atoms with Crippen molar-refractivity contribution in [2.45, 2.75) is 50.9 Å². The summed E-state index contributed by atoms with van der Waals surface area (Å²) in [7, 11) is 0. The van der Waals surface area contributed by atoms with Crippen molar-refractivity contribution in [2.24, 2.45) is 17.6 Å². The molecule has 17 heavy (non-hydrogen) atoms. The van der Waals surface area contributed by atoms with Gasteiger partial charge in [-0.15, -0.1) is 0 Å². The van der Waals surface area contributed by atoms with E-state index < -0.39 is 0 Å². The third-order valence-electron chi connectivity index (χ3n) is 4.40. The van der Waals surface area contributed by atoms with E-state index in [9.17, 15) is 0 Å². The molecule has 0 aliphatic heterocycles. The van der Waals surface area contributed by atoms with E-state index in [1.54, 1.807) is 0 Å². The summed E-state index contributed by atoms with van der Waals surface area (Å²) < 4.78 is 5.33. The molecule has 1 aromatic heterocycles. The second-order valence-corrected chi connectivity index (χ2v) is 5.57. The lowest BCUT2D eigenvalue weighted by Gasteiger charge is -2.17. The summed E-state index contributed by atoms with van der Waals surface area (Å²) in [4.78, 5) is 4.56. The molecule has 2 bridgehead atoms. The molecule has 0 saturated heterocycles. The molecule has 3 rings (SSSR count). The highest BCUT2D eigenvalue weighted by Crippen LogP contribution is 2.52. The molecule has 0 aromatic carbocycles. The van der Waals surface area contributed by atoms with E-state index in [-0.39, 0.29) is 0 Å². The van der Waals surface area contributed by atoms with Gasteiger partial charge in [-0.1, -0.05) is 11.6 Å². The summed E-state index contributed by atoms with van der Waals surface area (Å²) in [6.07, 6.45) is 8.43. The summed E-state index contributed by atoms with van der Waals surface area (Å²) in [5.74, 6) is 4.12. The molecule has 0 radical (unpaired) electrons. The second-order valence-electron chi connectivity index (χ2n) is 5.57. The number of unbranched alkanes of at least 4 members (excludes halogenated alkanes) is 1. The van der Waals surface area contributed by atoms with Gasteiger partial charge in [-0.25, -0.2) is 0 Å². The first-order valence-electron chi connectivity index (χ1n) is 6.89. The number of nitrogens with two attached hydrogens (primary N) is 1. The van der Waals surface area contributed by atoms with Crippen LogP contribution in [0.3, 0.4) is 0 Å². The molecule has 0 spiro atoms. The van der Waals surface area contributed by atoms with Crippen LogP contribution in [0.2, 0.25) is 0 Å². The van der Waals surface area contributed by atoms with Gasteiger partial charge in [-0.05, 0) is 50.5 Å². The van der Waals surface area contributed by atoms with Crippen molar-refractivity contribution < 1.29 is 4.52 Å². The minimum absolute atomic E-state index is 0.584. The molecule has 3 unspecified atom stereocenters. The fourth-order valence-corrected chi connectivity index (χ4v) is 3.50. The number of rotatable bonds is 5. The fraction of sp³-hybridized carbons (Fsp3) is 0.846. The Kier molecular flexibility index (Phi) is 3.14. The monoisotopic (exact) mass is 235 g/mol. The maximum Gasteiger partial charge on any atom is 0.226 e. The zero-order valence-electron chi connectivity index (χ0n) is 10.3. The van der Waals surface area contributed by atoms with Crippen molar-refractivity contribution in [1.29, 1.82) is 0 Å². The third kappa shape index (κ3) is 2.23. The van der Waals surface area contributed by atoms with Crippen LogP contribution in [-0.4, -0.2) is 16.7 Å². The van der Waals surface area contributed by atoms with Gasteiger partial charge in [0.1, 0.15) is 0 Å². The highest BCUT2D eigenvalue weighted by atomic mass is 16.5. The Bertz CT molecular complexity index is 376. The normalized spacial score (nSPS) is 31.2. The van der Waals surface area contributed by atoms with Crippen LogP contribution in [0.15, 0.2) is 4.52 Å². The first-order chi connectivity index (χ1) is 8.36. The van der Waals surface area contributed by atoms with Crippen LogP contribution in [-0.2, 0) is 6.42 Å². The van der Waals surface area contributed by atoms with Crippen LogP contribution in [0, 0.1) is 11.8 Å². The summed E-state index contributed by atoms with van der Waals surface area (Å²) in [5, 5.41) is 4.18. The zero-order chi connectivity index (χ0) is 11.7. The van der Waals surface area contributed by atoms with E-state index in [0.29, 0.717) is 5.92 Å². The smallest absolute Gasteiger partial charge is 0.226 e. The van der Waals surface area contributed by atoms with Gasteiger partial charge in [0.2, 0.25) is 5.89 Å². The average Bonchev–Trinajstić information content (AvgIpc) is 3.04. The van der Waals surface area contributed by atoms with Crippen molar-refractivity contribution in [3.05, 3.63) is 11.7 Å². The van der Waals surface area contributed by atoms with E-state index in [4.69, 9.17) is 10.3 Å². The van der Waals surface area contributed by atoms with Crippen LogP contribution < -0.4 is 5.73 Å². The molecular formula is C13H21N3O.